The summed E-state index contributed by atoms with van der Waals surface area (Å²) in [6.07, 6.45) is -0.344. The van der Waals surface area contributed by atoms with E-state index in [9.17, 15) is 18.0 Å². The van der Waals surface area contributed by atoms with Gasteiger partial charge in [0.25, 0.3) is 0 Å². The number of carbonyl (C=O) groups is 1. The minimum atomic E-state index is -4.41. The number of methoxy groups -OCH3 is 1. The van der Waals surface area contributed by atoms with E-state index in [0.29, 0.717) is 27.9 Å². The van der Waals surface area contributed by atoms with Gasteiger partial charge in [-0.05, 0) is 74.9 Å². The van der Waals surface area contributed by atoms with Gasteiger partial charge in [-0.3, -0.25) is 9.69 Å². The molecule has 2 fully saturated rings. The van der Waals surface area contributed by atoms with E-state index in [1.54, 1.807) is 30.3 Å². The van der Waals surface area contributed by atoms with Crippen LogP contribution in [0.1, 0.15) is 48.7 Å². The molecule has 5 rings (SSSR count). The Bertz CT molecular complexity index is 1510. The van der Waals surface area contributed by atoms with Gasteiger partial charge in [-0.2, -0.15) is 13.2 Å². The van der Waals surface area contributed by atoms with E-state index < -0.39 is 18.6 Å². The van der Waals surface area contributed by atoms with Crippen LogP contribution in [0.2, 0.25) is 0 Å². The number of nitrogens with zero attached hydrogens (tertiary/aromatic N) is 2. The number of ether oxygens (including phenoxy) is 2. The summed E-state index contributed by atoms with van der Waals surface area (Å²) in [7, 11) is 1.47. The highest BCUT2D eigenvalue weighted by atomic mass is 19.4. The third-order valence-corrected chi connectivity index (χ3v) is 8.55. The second-order valence-corrected chi connectivity index (χ2v) is 11.4. The van der Waals surface area contributed by atoms with Crippen molar-refractivity contribution in [2.75, 3.05) is 50.6 Å². The number of anilines is 2. The van der Waals surface area contributed by atoms with Crippen LogP contribution in [0.5, 0.6) is 5.75 Å². The zero-order valence-electron chi connectivity index (χ0n) is 24.5. The Kier molecular flexibility index (Phi) is 9.08. The summed E-state index contributed by atoms with van der Waals surface area (Å²) in [4.78, 5) is 14.0. The number of alkyl halides is 3. The normalized spacial score (nSPS) is 21.2. The lowest BCUT2D eigenvalue weighted by atomic mass is 9.79. The molecule has 0 radical (unpaired) electrons. The van der Waals surface area contributed by atoms with Crippen molar-refractivity contribution in [1.29, 1.82) is 0 Å². The quantitative estimate of drug-likeness (QED) is 0.309. The molecule has 2 heterocycles. The third kappa shape index (κ3) is 7.20. The van der Waals surface area contributed by atoms with Gasteiger partial charge in [-0.15, -0.1) is 0 Å². The molecule has 0 spiro atoms. The van der Waals surface area contributed by atoms with Crippen molar-refractivity contribution < 1.29 is 27.4 Å². The van der Waals surface area contributed by atoms with Gasteiger partial charge in [0, 0.05) is 41.3 Å². The summed E-state index contributed by atoms with van der Waals surface area (Å²) in [6, 6.07) is 12.1. The molecule has 1 amide bonds. The van der Waals surface area contributed by atoms with Gasteiger partial charge in [0.1, 0.15) is 12.3 Å². The predicted molar refractivity (Wildman–Crippen MR) is 162 cm³/mol. The largest absolute Gasteiger partial charge is 0.495 e. The molecule has 8 nitrogen and oxygen atoms in total. The number of primary amides is 1. The van der Waals surface area contributed by atoms with Crippen LogP contribution in [0.15, 0.2) is 42.5 Å². The molecule has 2 aromatic carbocycles. The van der Waals surface area contributed by atoms with Gasteiger partial charge in [0.2, 0.25) is 5.91 Å². The average molecular weight is 598 g/mol. The topological polar surface area (TPSA) is 93.8 Å². The number of nitrogens with two attached hydrogens (primary N) is 1. The van der Waals surface area contributed by atoms with Crippen LogP contribution in [0.4, 0.5) is 24.5 Å². The molecule has 11 heteroatoms. The number of hydrogen-bond acceptors (Lipinski definition) is 6. The number of hydrogen-bond donors (Lipinski definition) is 3. The number of aromatic nitrogens is 1. The summed E-state index contributed by atoms with van der Waals surface area (Å²) in [5, 5.41) is 7.45. The first-order valence-electron chi connectivity index (χ1n) is 14.6. The third-order valence-electron chi connectivity index (χ3n) is 8.55. The summed E-state index contributed by atoms with van der Waals surface area (Å²) in [5.74, 6) is 5.70. The molecule has 2 aliphatic rings. The lowest BCUT2D eigenvalue weighted by Crippen LogP contribution is -2.54. The monoisotopic (exact) mass is 597 g/mol. The number of rotatable bonds is 8. The molecule has 230 valence electrons. The van der Waals surface area contributed by atoms with Crippen LogP contribution >= 0.6 is 0 Å². The molecule has 1 saturated carbocycles. The number of amides is 1. The van der Waals surface area contributed by atoms with Gasteiger partial charge < -0.3 is 30.4 Å². The molecule has 1 saturated heterocycles. The maximum atomic E-state index is 13.7. The maximum Gasteiger partial charge on any atom is 0.406 e. The van der Waals surface area contributed by atoms with Crippen molar-refractivity contribution >= 4 is 28.2 Å². The van der Waals surface area contributed by atoms with Gasteiger partial charge in [-0.1, -0.05) is 12.0 Å². The molecule has 43 heavy (non-hydrogen) atoms. The van der Waals surface area contributed by atoms with Crippen molar-refractivity contribution in [3.8, 4) is 17.6 Å². The smallest absolute Gasteiger partial charge is 0.406 e. The first-order chi connectivity index (χ1) is 20.6. The number of nitrogens with one attached hydrogen (secondary N) is 2. The summed E-state index contributed by atoms with van der Waals surface area (Å²) < 4.78 is 53.0. The van der Waals surface area contributed by atoms with E-state index >= 15 is 0 Å². The molecule has 1 aliphatic heterocycles. The molecule has 3 aromatic rings. The van der Waals surface area contributed by atoms with Crippen molar-refractivity contribution in [2.24, 2.45) is 5.73 Å². The molecule has 0 bridgehead atoms. The number of morpholine rings is 1. The summed E-state index contributed by atoms with van der Waals surface area (Å²) in [5.41, 5.74) is 7.95. The average Bonchev–Trinajstić information content (AvgIpc) is 3.33. The zero-order valence-corrected chi connectivity index (χ0v) is 24.5. The van der Waals surface area contributed by atoms with Gasteiger partial charge in [0.05, 0.1) is 43.8 Å². The second kappa shape index (κ2) is 12.8. The fourth-order valence-corrected chi connectivity index (χ4v) is 6.15. The van der Waals surface area contributed by atoms with Crippen LogP contribution in [0.3, 0.4) is 0 Å². The lowest BCUT2D eigenvalue weighted by molar-refractivity contribution is -0.140. The minimum Gasteiger partial charge on any atom is -0.495 e. The Morgan fingerprint density at radius 2 is 1.88 bits per heavy atom. The fraction of sp³-hybridized carbons (Fsp3) is 0.469. The van der Waals surface area contributed by atoms with E-state index in [1.807, 2.05) is 6.07 Å². The molecule has 1 aliphatic carbocycles. The highest BCUT2D eigenvalue weighted by Crippen LogP contribution is 2.37. The van der Waals surface area contributed by atoms with E-state index in [0.717, 1.165) is 57.7 Å². The highest BCUT2D eigenvalue weighted by molar-refractivity contribution is 5.94. The number of benzene rings is 2. The Morgan fingerprint density at radius 1 is 1.14 bits per heavy atom. The van der Waals surface area contributed by atoms with E-state index in [1.165, 1.54) is 17.7 Å². The van der Waals surface area contributed by atoms with E-state index in [2.05, 4.69) is 34.3 Å². The zero-order chi connectivity index (χ0) is 30.6. The summed E-state index contributed by atoms with van der Waals surface area (Å²) in [6.45, 7) is 4.79. The van der Waals surface area contributed by atoms with Crippen molar-refractivity contribution in [3.63, 3.8) is 0 Å². The van der Waals surface area contributed by atoms with Crippen LogP contribution in [-0.2, 0) is 11.3 Å². The van der Waals surface area contributed by atoms with Crippen LogP contribution in [-0.4, -0.2) is 73.1 Å². The molecule has 1 aromatic heterocycles. The van der Waals surface area contributed by atoms with E-state index in [4.69, 9.17) is 15.2 Å². The van der Waals surface area contributed by atoms with Crippen LogP contribution in [0.25, 0.3) is 10.9 Å². The van der Waals surface area contributed by atoms with Gasteiger partial charge >= 0.3 is 6.18 Å². The lowest BCUT2D eigenvalue weighted by Gasteiger charge is -2.47. The predicted octanol–water partition coefficient (Wildman–Crippen LogP) is 5.22. The van der Waals surface area contributed by atoms with Crippen LogP contribution < -0.4 is 21.1 Å². The van der Waals surface area contributed by atoms with Gasteiger partial charge in [-0.25, -0.2) is 0 Å². The molecule has 0 unspecified atom stereocenters. The Labute approximate surface area is 249 Å². The Balaban J connectivity index is 1.33. The standard InChI is InChI=1S/C32H38F3N5O3/c1-31(39-15-17-43-18-16-39)12-10-23(11-13-31)38-26-6-3-7-28-25(26)20-24(40(28)21-32(33,34)35)5-4-14-37-27-9-8-22(30(36)41)19-29(27)42-2/h3,6-9,19-20,23,37-38H,10-18,21H2,1-2H3,(H2,36,41)/t23-,31+. The Morgan fingerprint density at radius 3 is 2.56 bits per heavy atom. The maximum absolute atomic E-state index is 13.7. The molecule has 0 atom stereocenters. The van der Waals surface area contributed by atoms with Crippen LogP contribution in [0, 0.1) is 11.8 Å². The number of fused-ring (bicyclic) bond motifs is 1. The minimum absolute atomic E-state index is 0.148. The summed E-state index contributed by atoms with van der Waals surface area (Å²) >= 11 is 0. The SMILES string of the molecule is COc1cc(C(N)=O)ccc1NCC#Cc1cc2c(N[C@H]3CC[C@@](C)(N4CCOCC4)CC3)cccc2n1CC(F)(F)F. The van der Waals surface area contributed by atoms with Crippen molar-refractivity contribution in [1.82, 2.24) is 9.47 Å². The first kappa shape index (κ1) is 30.6. The molecule has 4 N–H and O–H groups in total. The van der Waals surface area contributed by atoms with Crippen molar-refractivity contribution in [3.05, 3.63) is 53.7 Å². The van der Waals surface area contributed by atoms with Crippen molar-refractivity contribution in [2.45, 2.75) is 56.9 Å². The number of carbonyl (C=O) groups excluding carboxylic acids is 1. The Hall–Kier alpha value is -3.88. The first-order valence-corrected chi connectivity index (χ1v) is 14.6. The second-order valence-electron chi connectivity index (χ2n) is 11.4. The fourth-order valence-electron chi connectivity index (χ4n) is 6.15. The highest BCUT2D eigenvalue weighted by Gasteiger charge is 2.37. The molecular formula is C32H38F3N5O3. The number of halogens is 3. The molecular weight excluding hydrogens is 559 g/mol. The van der Waals surface area contributed by atoms with Gasteiger partial charge in [0.15, 0.2) is 0 Å². The van der Waals surface area contributed by atoms with E-state index in [-0.39, 0.29) is 23.8 Å².